The second-order valence-electron chi connectivity index (χ2n) is 10.4. The maximum Gasteiger partial charge on any atom is 0.331 e. The molecule has 3 heterocycles. The highest BCUT2D eigenvalue weighted by molar-refractivity contribution is 5.86. The van der Waals surface area contributed by atoms with E-state index in [2.05, 4.69) is 31.8 Å². The van der Waals surface area contributed by atoms with Crippen LogP contribution in [-0.4, -0.2) is 49.8 Å². The molecule has 0 radical (unpaired) electrons. The fourth-order valence-corrected chi connectivity index (χ4v) is 5.56. The summed E-state index contributed by atoms with van der Waals surface area (Å²) in [4.78, 5) is 17.1. The van der Waals surface area contributed by atoms with E-state index in [1.165, 1.54) is 11.6 Å². The zero-order valence-corrected chi connectivity index (χ0v) is 20.6. The Labute approximate surface area is 201 Å². The number of allylic oxidation sites excluding steroid dienone is 3. The number of aromatic nitrogens is 2. The van der Waals surface area contributed by atoms with Crippen molar-refractivity contribution in [2.75, 3.05) is 6.61 Å². The first-order chi connectivity index (χ1) is 16.0. The molecule has 7 nitrogen and oxygen atoms in total. The molecule has 0 aromatic carbocycles. The van der Waals surface area contributed by atoms with Gasteiger partial charge in [-0.15, -0.1) is 0 Å². The Kier molecular flexibility index (Phi) is 6.73. The summed E-state index contributed by atoms with van der Waals surface area (Å²) in [6, 6.07) is 0. The van der Waals surface area contributed by atoms with Crippen LogP contribution < -0.4 is 0 Å². The quantitative estimate of drug-likeness (QED) is 0.390. The third kappa shape index (κ3) is 4.69. The van der Waals surface area contributed by atoms with Crippen LogP contribution in [0, 0.1) is 23.7 Å². The molecule has 2 aliphatic heterocycles. The molecule has 0 saturated heterocycles. The molecule has 1 aromatic rings. The Morgan fingerprint density at radius 1 is 1.41 bits per heavy atom. The van der Waals surface area contributed by atoms with E-state index < -0.39 is 23.5 Å². The number of rotatable bonds is 5. The zero-order chi connectivity index (χ0) is 24.7. The predicted octanol–water partition coefficient (Wildman–Crippen LogP) is 3.56. The van der Waals surface area contributed by atoms with E-state index >= 15 is 0 Å². The summed E-state index contributed by atoms with van der Waals surface area (Å²) < 4.78 is 14.0. The minimum Gasteiger partial charge on any atom is -0.456 e. The molecule has 2 N–H and O–H groups in total. The number of aliphatic hydroxyl groups excluding tert-OH is 1. The summed E-state index contributed by atoms with van der Waals surface area (Å²) >= 11 is 0. The minimum atomic E-state index is -1.73. The van der Waals surface area contributed by atoms with Crippen molar-refractivity contribution in [1.82, 2.24) is 9.55 Å². The molecule has 34 heavy (non-hydrogen) atoms. The van der Waals surface area contributed by atoms with Gasteiger partial charge in [0.15, 0.2) is 0 Å². The standard InChI is InChI=1S/C27H36N2O5/c1-17(2)21-8-6-18(3)22-13-24(33-25(31)9-7-20-14-29(5)16-28-20)26(4)10-11-27(32,34-26)19(15-30)12-23(21)22/h6-7,9-12,14,16-17,21-24,30,32H,8,13,15H2,1-5H3/b9-7+,19-12-/t21-,22+,23-,24+,26+,27-/m1/s1. The van der Waals surface area contributed by atoms with E-state index in [0.29, 0.717) is 29.5 Å². The van der Waals surface area contributed by atoms with Crippen LogP contribution in [0.5, 0.6) is 0 Å². The molecule has 0 amide bonds. The number of carbonyl (C=O) groups excluding carboxylic acids is 1. The second-order valence-corrected chi connectivity index (χ2v) is 10.4. The number of hydrogen-bond acceptors (Lipinski definition) is 6. The van der Waals surface area contributed by atoms with Gasteiger partial charge in [0.25, 0.3) is 0 Å². The molecule has 3 aliphatic rings. The lowest BCUT2D eigenvalue weighted by Crippen LogP contribution is -2.47. The summed E-state index contributed by atoms with van der Waals surface area (Å²) in [5, 5.41) is 21.5. The SMILES string of the molecule is CC1=CC[C@H](C(C)C)[C@H]2/C=C(/CO)[C@@]3(O)C=C[C@](C)(O3)[C@@H](OC(=O)/C=C/c3cn(C)cn3)C[C@@H]12. The Balaban J connectivity index is 1.69. The number of nitrogens with zero attached hydrogens (tertiary/aromatic N) is 2. The zero-order valence-electron chi connectivity index (χ0n) is 20.6. The third-order valence-corrected chi connectivity index (χ3v) is 7.63. The van der Waals surface area contributed by atoms with Gasteiger partial charge in [0, 0.05) is 24.9 Å². The molecule has 0 spiro atoms. The Morgan fingerprint density at radius 2 is 2.18 bits per heavy atom. The number of imidazole rings is 1. The highest BCUT2D eigenvalue weighted by Crippen LogP contribution is 2.48. The maximum absolute atomic E-state index is 12.9. The summed E-state index contributed by atoms with van der Waals surface area (Å²) in [5.41, 5.74) is 1.29. The van der Waals surface area contributed by atoms with Crippen LogP contribution in [0.4, 0.5) is 0 Å². The van der Waals surface area contributed by atoms with Crippen molar-refractivity contribution >= 4 is 12.0 Å². The third-order valence-electron chi connectivity index (χ3n) is 7.63. The largest absolute Gasteiger partial charge is 0.456 e. The van der Waals surface area contributed by atoms with Crippen LogP contribution in [0.1, 0.15) is 46.2 Å². The number of aliphatic hydroxyl groups is 2. The Bertz CT molecular complexity index is 1050. The average Bonchev–Trinajstić information content (AvgIpc) is 3.35. The summed E-state index contributed by atoms with van der Waals surface area (Å²) in [7, 11) is 1.86. The van der Waals surface area contributed by atoms with E-state index in [0.717, 1.165) is 6.42 Å². The van der Waals surface area contributed by atoms with E-state index in [4.69, 9.17) is 9.47 Å². The molecule has 0 unspecified atom stereocenters. The number of hydrogen-bond donors (Lipinski definition) is 2. The van der Waals surface area contributed by atoms with Gasteiger partial charge in [-0.2, -0.15) is 0 Å². The van der Waals surface area contributed by atoms with Crippen LogP contribution in [-0.2, 0) is 21.3 Å². The van der Waals surface area contributed by atoms with Gasteiger partial charge in [-0.1, -0.05) is 31.6 Å². The predicted molar refractivity (Wildman–Crippen MR) is 129 cm³/mol. The van der Waals surface area contributed by atoms with E-state index in [1.54, 1.807) is 29.1 Å². The Morgan fingerprint density at radius 3 is 2.82 bits per heavy atom. The van der Waals surface area contributed by atoms with Gasteiger partial charge in [0.1, 0.15) is 11.7 Å². The lowest BCUT2D eigenvalue weighted by atomic mass is 9.65. The number of aryl methyl sites for hydroxylation is 1. The molecule has 0 fully saturated rings. The van der Waals surface area contributed by atoms with Crippen molar-refractivity contribution in [3.05, 3.63) is 59.7 Å². The van der Waals surface area contributed by atoms with Gasteiger partial charge >= 0.3 is 5.97 Å². The fraction of sp³-hybridized carbons (Fsp3) is 0.556. The average molecular weight is 469 g/mol. The summed E-state index contributed by atoms with van der Waals surface area (Å²) in [6.45, 7) is 8.02. The van der Waals surface area contributed by atoms with E-state index in [9.17, 15) is 15.0 Å². The molecule has 7 heteroatoms. The topological polar surface area (TPSA) is 93.8 Å². The van der Waals surface area contributed by atoms with Gasteiger partial charge < -0.3 is 24.3 Å². The van der Waals surface area contributed by atoms with Crippen molar-refractivity contribution < 1.29 is 24.5 Å². The van der Waals surface area contributed by atoms with Crippen LogP contribution >= 0.6 is 0 Å². The van der Waals surface area contributed by atoms with Gasteiger partial charge in [-0.3, -0.25) is 0 Å². The van der Waals surface area contributed by atoms with Crippen LogP contribution in [0.2, 0.25) is 0 Å². The number of fused-ring (bicyclic) bond motifs is 3. The first-order valence-electron chi connectivity index (χ1n) is 12.0. The first kappa shape index (κ1) is 24.6. The van der Waals surface area contributed by atoms with Crippen molar-refractivity contribution in [3.8, 4) is 0 Å². The normalized spacial score (nSPS) is 36.9. The molecular formula is C27H36N2O5. The number of carbonyl (C=O) groups is 1. The highest BCUT2D eigenvalue weighted by atomic mass is 16.7. The number of esters is 1. The van der Waals surface area contributed by atoms with Crippen LogP contribution in [0.3, 0.4) is 0 Å². The molecular weight excluding hydrogens is 432 g/mol. The lowest BCUT2D eigenvalue weighted by Gasteiger charge is -2.41. The van der Waals surface area contributed by atoms with Crippen LogP contribution in [0.25, 0.3) is 6.08 Å². The van der Waals surface area contributed by atoms with E-state index in [1.807, 2.05) is 26.2 Å². The van der Waals surface area contributed by atoms with Gasteiger partial charge in [0.2, 0.25) is 5.79 Å². The maximum atomic E-state index is 12.9. The van der Waals surface area contributed by atoms with Gasteiger partial charge in [0.05, 0.1) is 18.6 Å². The summed E-state index contributed by atoms with van der Waals surface area (Å²) in [6.07, 6.45) is 14.9. The van der Waals surface area contributed by atoms with Crippen molar-refractivity contribution in [2.24, 2.45) is 30.7 Å². The van der Waals surface area contributed by atoms with Crippen molar-refractivity contribution in [3.63, 3.8) is 0 Å². The summed E-state index contributed by atoms with van der Waals surface area (Å²) in [5.74, 6) is -1.29. The number of ether oxygens (including phenoxy) is 2. The monoisotopic (exact) mass is 468 g/mol. The van der Waals surface area contributed by atoms with Gasteiger partial charge in [-0.05, 0) is 68.6 Å². The molecule has 4 rings (SSSR count). The molecule has 1 aromatic heterocycles. The smallest absolute Gasteiger partial charge is 0.331 e. The highest BCUT2D eigenvalue weighted by Gasteiger charge is 2.52. The molecule has 1 aliphatic carbocycles. The van der Waals surface area contributed by atoms with E-state index in [-0.39, 0.29) is 18.4 Å². The molecule has 6 atom stereocenters. The first-order valence-corrected chi connectivity index (χ1v) is 12.0. The lowest BCUT2D eigenvalue weighted by molar-refractivity contribution is -0.216. The molecule has 0 saturated carbocycles. The minimum absolute atomic E-state index is 0.0846. The van der Waals surface area contributed by atoms with Gasteiger partial charge in [-0.25, -0.2) is 9.78 Å². The second kappa shape index (κ2) is 9.29. The molecule has 2 bridgehead atoms. The van der Waals surface area contributed by atoms with Crippen LogP contribution in [0.15, 0.2) is 54.1 Å². The Hall–Kier alpha value is -2.48. The van der Waals surface area contributed by atoms with Crippen molar-refractivity contribution in [2.45, 2.75) is 58.0 Å². The molecule has 184 valence electrons. The van der Waals surface area contributed by atoms with Crippen molar-refractivity contribution in [1.29, 1.82) is 0 Å². The fourth-order valence-electron chi connectivity index (χ4n) is 5.56.